The van der Waals surface area contributed by atoms with Crippen LogP contribution in [0.5, 0.6) is 0 Å². The average molecular weight is 520 g/mol. The van der Waals surface area contributed by atoms with Crippen molar-refractivity contribution in [2.75, 3.05) is 6.54 Å². The molecule has 1 saturated carbocycles. The second-order valence-electron chi connectivity index (χ2n) is 10.3. The van der Waals surface area contributed by atoms with Gasteiger partial charge in [-0.05, 0) is 41.4 Å². The number of aromatic nitrogens is 1. The number of carbonyl (C=O) groups is 2. The maximum absolute atomic E-state index is 12.9. The fourth-order valence-corrected chi connectivity index (χ4v) is 6.18. The Morgan fingerprint density at radius 1 is 1.17 bits per heavy atom. The summed E-state index contributed by atoms with van der Waals surface area (Å²) < 4.78 is 11.9. The number of hydrogen-bond acceptors (Lipinski definition) is 5. The fourth-order valence-electron chi connectivity index (χ4n) is 5.10. The summed E-state index contributed by atoms with van der Waals surface area (Å²) >= 11 is 0. The molecular weight excluding hydrogens is 479 g/mol. The molecule has 1 aromatic carbocycles. The van der Waals surface area contributed by atoms with E-state index < -0.39 is 43.7 Å². The van der Waals surface area contributed by atoms with Crippen LogP contribution in [-0.4, -0.2) is 57.2 Å². The van der Waals surface area contributed by atoms with Crippen LogP contribution in [0.15, 0.2) is 30.5 Å². The normalized spacial score (nSPS) is 18.4. The van der Waals surface area contributed by atoms with E-state index in [9.17, 15) is 24.2 Å². The number of rotatable bonds is 12. The standard InChI is InChI=1S/C26H39N4O5P/c1-16(2)24(30-25(32)21(27)12-18-14-28-22-11-7-6-10-20(18)22)26(33)29-15-19(31)13-23(36(34)35)17-8-4-3-5-9-17/h6-7,10-11,14,16-17,19,21,23-24,28,31H,3-5,8-9,12-13,15,27H2,1-2H3,(H2-,29,30,32,33,34,35)/p+1/t19-,21+,23?,24+/m1/s1. The minimum absolute atomic E-state index is 0.0499. The molecule has 1 aromatic heterocycles. The number of H-pyrrole nitrogens is 1. The third-order valence-electron chi connectivity index (χ3n) is 7.20. The molecule has 0 radical (unpaired) electrons. The molecular formula is C26H40N4O5P+. The number of aliphatic hydroxyl groups is 1. The lowest BCUT2D eigenvalue weighted by Crippen LogP contribution is -2.55. The van der Waals surface area contributed by atoms with Gasteiger partial charge >= 0.3 is 8.03 Å². The Bertz CT molecular complexity index is 1040. The molecule has 5 atom stereocenters. The van der Waals surface area contributed by atoms with Crippen molar-refractivity contribution in [2.45, 2.75) is 82.6 Å². The molecule has 2 unspecified atom stereocenters. The average Bonchev–Trinajstić information content (AvgIpc) is 3.27. The number of hydrogen-bond donors (Lipinski definition) is 6. The van der Waals surface area contributed by atoms with Gasteiger partial charge in [0.05, 0.1) is 12.1 Å². The van der Waals surface area contributed by atoms with E-state index in [1.165, 1.54) is 0 Å². The molecule has 0 saturated heterocycles. The zero-order chi connectivity index (χ0) is 26.2. The topological polar surface area (TPSA) is 158 Å². The van der Waals surface area contributed by atoms with Crippen LogP contribution in [-0.2, 0) is 20.6 Å². The summed E-state index contributed by atoms with van der Waals surface area (Å²) in [6.45, 7) is 3.59. The minimum Gasteiger partial charge on any atom is -0.391 e. The molecule has 1 aliphatic rings. The number of para-hydroxylation sites is 1. The van der Waals surface area contributed by atoms with Gasteiger partial charge in [-0.15, -0.1) is 0 Å². The minimum atomic E-state index is -2.41. The number of carbonyl (C=O) groups excluding carboxylic acids is 2. The number of nitrogens with two attached hydrogens (primary N) is 1. The highest BCUT2D eigenvalue weighted by Gasteiger charge is 2.39. The van der Waals surface area contributed by atoms with Crippen LogP contribution in [0.2, 0.25) is 0 Å². The van der Waals surface area contributed by atoms with Gasteiger partial charge in [0.15, 0.2) is 5.66 Å². The first kappa shape index (κ1) is 28.3. The van der Waals surface area contributed by atoms with Crippen molar-refractivity contribution >= 4 is 30.7 Å². The van der Waals surface area contributed by atoms with E-state index in [1.54, 1.807) is 0 Å². The van der Waals surface area contributed by atoms with Gasteiger partial charge < -0.3 is 26.5 Å². The van der Waals surface area contributed by atoms with E-state index in [1.807, 2.05) is 44.3 Å². The van der Waals surface area contributed by atoms with Gasteiger partial charge in [0.25, 0.3) is 0 Å². The number of aromatic amines is 1. The summed E-state index contributed by atoms with van der Waals surface area (Å²) in [6, 6.07) is 6.12. The Hall–Kier alpha value is -2.32. The Kier molecular flexibility index (Phi) is 10.4. The van der Waals surface area contributed by atoms with E-state index in [0.717, 1.165) is 48.6 Å². The van der Waals surface area contributed by atoms with Crippen LogP contribution in [0.1, 0.15) is 57.9 Å². The molecule has 3 rings (SSSR count). The van der Waals surface area contributed by atoms with Gasteiger partial charge in [-0.25, -0.2) is 0 Å². The SMILES string of the molecule is CC(C)[C@H](NC(=O)[C@@H](N)Cc1c[nH]c2ccccc12)C(=O)NC[C@H](O)CC(C1CCCCC1)[P+](=O)O. The van der Waals surface area contributed by atoms with Crippen molar-refractivity contribution in [3.8, 4) is 0 Å². The van der Waals surface area contributed by atoms with Gasteiger partial charge in [-0.1, -0.05) is 51.3 Å². The van der Waals surface area contributed by atoms with Crippen molar-refractivity contribution in [1.82, 2.24) is 15.6 Å². The molecule has 7 N–H and O–H groups in total. The Balaban J connectivity index is 1.52. The monoisotopic (exact) mass is 519 g/mol. The fraction of sp³-hybridized carbons (Fsp3) is 0.615. The Morgan fingerprint density at radius 2 is 1.86 bits per heavy atom. The molecule has 0 bridgehead atoms. The Morgan fingerprint density at radius 3 is 2.53 bits per heavy atom. The van der Waals surface area contributed by atoms with E-state index in [2.05, 4.69) is 15.6 Å². The lowest BCUT2D eigenvalue weighted by Gasteiger charge is -2.26. The van der Waals surface area contributed by atoms with Gasteiger partial charge in [-0.3, -0.25) is 9.59 Å². The molecule has 1 aliphatic carbocycles. The predicted octanol–water partition coefficient (Wildman–Crippen LogP) is 2.73. The van der Waals surface area contributed by atoms with Crippen molar-refractivity contribution in [3.63, 3.8) is 0 Å². The third kappa shape index (κ3) is 7.59. The summed E-state index contributed by atoms with van der Waals surface area (Å²) in [5, 5.41) is 17.0. The highest BCUT2D eigenvalue weighted by Crippen LogP contribution is 2.40. The molecule has 2 amide bonds. The van der Waals surface area contributed by atoms with Crippen LogP contribution in [0, 0.1) is 11.8 Å². The summed E-state index contributed by atoms with van der Waals surface area (Å²) in [5.41, 5.74) is 7.59. The summed E-state index contributed by atoms with van der Waals surface area (Å²) in [6.07, 6.45) is 6.37. The third-order valence-corrected chi connectivity index (χ3v) is 8.40. The second kappa shape index (κ2) is 13.3. The smallest absolute Gasteiger partial charge is 0.391 e. The van der Waals surface area contributed by atoms with Crippen LogP contribution in [0.25, 0.3) is 10.9 Å². The van der Waals surface area contributed by atoms with Crippen LogP contribution < -0.4 is 16.4 Å². The quantitative estimate of drug-likeness (QED) is 0.237. The molecule has 0 spiro atoms. The highest BCUT2D eigenvalue weighted by molar-refractivity contribution is 7.38. The van der Waals surface area contributed by atoms with Crippen LogP contribution in [0.4, 0.5) is 0 Å². The van der Waals surface area contributed by atoms with Crippen LogP contribution >= 0.6 is 8.03 Å². The van der Waals surface area contributed by atoms with Gasteiger partial charge in [0.1, 0.15) is 6.04 Å². The molecule has 1 heterocycles. The molecule has 36 heavy (non-hydrogen) atoms. The first-order valence-corrected chi connectivity index (χ1v) is 14.2. The maximum atomic E-state index is 12.9. The first-order chi connectivity index (χ1) is 17.2. The lowest BCUT2D eigenvalue weighted by atomic mass is 9.85. The summed E-state index contributed by atoms with van der Waals surface area (Å²) in [7, 11) is -2.41. The summed E-state index contributed by atoms with van der Waals surface area (Å²) in [5.74, 6) is -0.920. The number of fused-ring (bicyclic) bond motifs is 1. The number of benzene rings is 1. The van der Waals surface area contributed by atoms with E-state index in [4.69, 9.17) is 5.73 Å². The van der Waals surface area contributed by atoms with Gasteiger partial charge in [0.2, 0.25) is 11.8 Å². The molecule has 10 heteroatoms. The van der Waals surface area contributed by atoms with Crippen molar-refractivity contribution in [2.24, 2.45) is 17.6 Å². The first-order valence-electron chi connectivity index (χ1n) is 12.9. The number of nitrogens with one attached hydrogen (secondary N) is 3. The van der Waals surface area contributed by atoms with Crippen molar-refractivity contribution in [1.29, 1.82) is 0 Å². The molecule has 0 aliphatic heterocycles. The number of amides is 2. The molecule has 9 nitrogen and oxygen atoms in total. The zero-order valence-electron chi connectivity index (χ0n) is 21.2. The second-order valence-corrected chi connectivity index (χ2v) is 11.6. The van der Waals surface area contributed by atoms with Crippen molar-refractivity contribution in [3.05, 3.63) is 36.0 Å². The largest absolute Gasteiger partial charge is 0.509 e. The van der Waals surface area contributed by atoms with Crippen LogP contribution in [0.3, 0.4) is 0 Å². The predicted molar refractivity (Wildman–Crippen MR) is 141 cm³/mol. The van der Waals surface area contributed by atoms with Crippen molar-refractivity contribution < 1.29 is 24.2 Å². The highest BCUT2D eigenvalue weighted by atomic mass is 31.1. The zero-order valence-corrected chi connectivity index (χ0v) is 22.0. The molecule has 2 aromatic rings. The summed E-state index contributed by atoms with van der Waals surface area (Å²) in [4.78, 5) is 38.7. The lowest BCUT2D eigenvalue weighted by molar-refractivity contribution is -0.130. The maximum Gasteiger partial charge on any atom is 0.509 e. The van der Waals surface area contributed by atoms with E-state index in [0.29, 0.717) is 6.42 Å². The van der Waals surface area contributed by atoms with E-state index in [-0.39, 0.29) is 24.8 Å². The number of aliphatic hydroxyl groups excluding tert-OH is 1. The molecule has 1 fully saturated rings. The van der Waals surface area contributed by atoms with E-state index >= 15 is 0 Å². The molecule has 198 valence electrons. The van der Waals surface area contributed by atoms with Gasteiger partial charge in [0, 0.05) is 36.0 Å². The Labute approximate surface area is 213 Å². The van der Waals surface area contributed by atoms with Gasteiger partial charge in [-0.2, -0.15) is 4.89 Å².